The highest BCUT2D eigenvalue weighted by molar-refractivity contribution is 5.96. The van der Waals surface area contributed by atoms with Crippen molar-refractivity contribution in [1.29, 1.82) is 0 Å². The Morgan fingerprint density at radius 1 is 1.20 bits per heavy atom. The Morgan fingerprint density at radius 3 is 2.59 bits per heavy atom. The van der Waals surface area contributed by atoms with E-state index in [4.69, 9.17) is 14.2 Å². The molecule has 7 atom stereocenters. The van der Waals surface area contributed by atoms with Gasteiger partial charge in [-0.15, -0.1) is 0 Å². The number of carbonyl (C=O) groups is 3. The zero-order chi connectivity index (χ0) is 32.1. The first kappa shape index (κ1) is 33.9. The monoisotopic (exact) mass is 614 g/mol. The van der Waals surface area contributed by atoms with Crippen molar-refractivity contribution in [2.75, 3.05) is 33.4 Å². The second-order valence-electron chi connectivity index (χ2n) is 13.3. The molecule has 1 fully saturated rings. The van der Waals surface area contributed by atoms with Crippen molar-refractivity contribution in [3.8, 4) is 11.5 Å². The summed E-state index contributed by atoms with van der Waals surface area (Å²) in [6.07, 6.45) is 4.05. The zero-order valence-corrected chi connectivity index (χ0v) is 27.0. The van der Waals surface area contributed by atoms with E-state index >= 15 is 0 Å². The molecule has 1 saturated carbocycles. The molecule has 10 nitrogen and oxygen atoms in total. The molecule has 1 aliphatic heterocycles. The number of methoxy groups -OCH3 is 1. The average Bonchev–Trinajstić information content (AvgIpc) is 3.39. The van der Waals surface area contributed by atoms with Gasteiger partial charge in [0.1, 0.15) is 25.1 Å². The van der Waals surface area contributed by atoms with Gasteiger partial charge in [0, 0.05) is 29.8 Å². The lowest BCUT2D eigenvalue weighted by molar-refractivity contribution is -0.147. The van der Waals surface area contributed by atoms with Gasteiger partial charge in [-0.1, -0.05) is 41.0 Å². The number of nitrogens with one attached hydrogen (secondary N) is 1. The van der Waals surface area contributed by atoms with Crippen LogP contribution in [0.1, 0.15) is 82.1 Å². The SMILES string of the molecule is COc1cc(C=O)cc2c1O[C@@H]1[C@@H](O)[C@H](N(CCC(C)C)C(=O)CO[C@H]3C[C@@H](C)CC[C@@H]3C(C)C)C=C(C(=O)NCCO)[C@H]21. The summed E-state index contributed by atoms with van der Waals surface area (Å²) < 4.78 is 18.1. The Labute approximate surface area is 261 Å². The quantitative estimate of drug-likeness (QED) is 0.288. The molecule has 1 aromatic carbocycles. The molecule has 1 heterocycles. The van der Waals surface area contributed by atoms with Gasteiger partial charge < -0.3 is 34.6 Å². The standard InChI is InChI=1S/C34H50N2O8/c1-19(2)9-11-36(29(39)18-43-27-13-21(5)7-8-23(27)20(3)4)26-16-25(34(41)35-10-12-37)30-24-14-22(17-38)15-28(42-6)32(24)44-33(30)31(26)40/h14-17,19-21,23,26-27,30-31,33,37,40H,7-13,18H2,1-6H3,(H,35,41)/t21-,23+,26+,27-,30-,31-,33-/m0/s1. The molecule has 3 N–H and O–H groups in total. The number of fused-ring (bicyclic) bond motifs is 3. The van der Waals surface area contributed by atoms with E-state index in [2.05, 4.69) is 39.9 Å². The van der Waals surface area contributed by atoms with Crippen LogP contribution in [0.5, 0.6) is 11.5 Å². The Balaban J connectivity index is 1.69. The Hall–Kier alpha value is -2.95. The maximum absolute atomic E-state index is 14.0. The van der Waals surface area contributed by atoms with Crippen molar-refractivity contribution in [1.82, 2.24) is 10.2 Å². The van der Waals surface area contributed by atoms with Crippen LogP contribution in [0.3, 0.4) is 0 Å². The van der Waals surface area contributed by atoms with Gasteiger partial charge in [0.05, 0.1) is 31.8 Å². The Bertz CT molecular complexity index is 1210. The Morgan fingerprint density at radius 2 is 1.95 bits per heavy atom. The van der Waals surface area contributed by atoms with Gasteiger partial charge in [0.25, 0.3) is 0 Å². The first-order valence-corrected chi connectivity index (χ1v) is 16.0. The molecular formula is C34H50N2O8. The normalized spacial score (nSPS) is 27.7. The molecule has 0 unspecified atom stereocenters. The second-order valence-corrected chi connectivity index (χ2v) is 13.3. The van der Waals surface area contributed by atoms with Crippen molar-refractivity contribution in [2.24, 2.45) is 23.7 Å². The lowest BCUT2D eigenvalue weighted by Gasteiger charge is -2.41. The third-order valence-corrected chi connectivity index (χ3v) is 9.42. The minimum atomic E-state index is -1.18. The molecule has 4 rings (SSSR count). The van der Waals surface area contributed by atoms with Gasteiger partial charge in [0.2, 0.25) is 11.8 Å². The molecule has 1 aromatic rings. The van der Waals surface area contributed by atoms with E-state index in [-0.39, 0.29) is 31.8 Å². The number of aldehydes is 1. The largest absolute Gasteiger partial charge is 0.493 e. The highest BCUT2D eigenvalue weighted by Crippen LogP contribution is 2.51. The van der Waals surface area contributed by atoms with Gasteiger partial charge >= 0.3 is 0 Å². The fourth-order valence-electron chi connectivity index (χ4n) is 6.96. The summed E-state index contributed by atoms with van der Waals surface area (Å²) in [5, 5.41) is 23.9. The van der Waals surface area contributed by atoms with Crippen molar-refractivity contribution in [3.05, 3.63) is 34.9 Å². The molecule has 2 aliphatic carbocycles. The third-order valence-electron chi connectivity index (χ3n) is 9.42. The Kier molecular flexibility index (Phi) is 11.5. The van der Waals surface area contributed by atoms with E-state index in [9.17, 15) is 24.6 Å². The van der Waals surface area contributed by atoms with Crippen LogP contribution in [-0.4, -0.2) is 91.0 Å². The minimum Gasteiger partial charge on any atom is -0.493 e. The number of nitrogens with zero attached hydrogens (tertiary/aromatic N) is 1. The number of carbonyl (C=O) groups excluding carboxylic acids is 3. The molecule has 0 bridgehead atoms. The maximum atomic E-state index is 14.0. The molecule has 0 radical (unpaired) electrons. The second kappa shape index (κ2) is 14.9. The van der Waals surface area contributed by atoms with E-state index in [1.54, 1.807) is 23.1 Å². The predicted octanol–water partition coefficient (Wildman–Crippen LogP) is 3.48. The maximum Gasteiger partial charge on any atom is 0.249 e. The summed E-state index contributed by atoms with van der Waals surface area (Å²) in [6.45, 7) is 10.8. The minimum absolute atomic E-state index is 0.0159. The van der Waals surface area contributed by atoms with Crippen LogP contribution in [0.4, 0.5) is 0 Å². The topological polar surface area (TPSA) is 135 Å². The number of rotatable bonds is 13. The summed E-state index contributed by atoms with van der Waals surface area (Å²) in [7, 11) is 1.46. The van der Waals surface area contributed by atoms with E-state index < -0.39 is 30.1 Å². The highest BCUT2D eigenvalue weighted by Gasteiger charge is 2.51. The van der Waals surface area contributed by atoms with Crippen LogP contribution in [-0.2, 0) is 14.3 Å². The number of hydrogen-bond donors (Lipinski definition) is 3. The third kappa shape index (κ3) is 7.29. The molecule has 244 valence electrons. The van der Waals surface area contributed by atoms with Crippen LogP contribution < -0.4 is 14.8 Å². The summed E-state index contributed by atoms with van der Waals surface area (Å²) in [5.74, 6) is 0.901. The smallest absolute Gasteiger partial charge is 0.249 e. The number of benzene rings is 1. The van der Waals surface area contributed by atoms with Crippen molar-refractivity contribution in [3.63, 3.8) is 0 Å². The number of aliphatic hydroxyl groups excluding tert-OH is 2. The molecule has 44 heavy (non-hydrogen) atoms. The lowest BCUT2D eigenvalue weighted by Crippen LogP contribution is -2.56. The van der Waals surface area contributed by atoms with Crippen LogP contribution in [0.25, 0.3) is 0 Å². The van der Waals surface area contributed by atoms with E-state index in [1.807, 2.05) is 0 Å². The summed E-state index contributed by atoms with van der Waals surface area (Å²) in [5.41, 5.74) is 1.19. The van der Waals surface area contributed by atoms with Crippen molar-refractivity contribution < 1.29 is 38.8 Å². The van der Waals surface area contributed by atoms with Crippen molar-refractivity contribution in [2.45, 2.75) is 90.6 Å². The van der Waals surface area contributed by atoms with E-state index in [0.717, 1.165) is 19.3 Å². The first-order valence-electron chi connectivity index (χ1n) is 16.0. The predicted molar refractivity (Wildman–Crippen MR) is 166 cm³/mol. The van der Waals surface area contributed by atoms with E-state index in [0.29, 0.717) is 71.1 Å². The molecule has 10 heteroatoms. The van der Waals surface area contributed by atoms with Crippen LogP contribution in [0.15, 0.2) is 23.8 Å². The van der Waals surface area contributed by atoms with Gasteiger partial charge in [0.15, 0.2) is 11.5 Å². The van der Waals surface area contributed by atoms with Crippen LogP contribution in [0, 0.1) is 23.7 Å². The number of hydrogen-bond acceptors (Lipinski definition) is 8. The van der Waals surface area contributed by atoms with E-state index in [1.165, 1.54) is 7.11 Å². The number of amides is 2. The molecule has 2 amide bonds. The molecular weight excluding hydrogens is 564 g/mol. The molecule has 0 spiro atoms. The summed E-state index contributed by atoms with van der Waals surface area (Å²) in [6, 6.07) is 2.33. The number of aliphatic hydroxyl groups is 2. The van der Waals surface area contributed by atoms with Gasteiger partial charge in [-0.25, -0.2) is 0 Å². The fraction of sp³-hybridized carbons (Fsp3) is 0.676. The van der Waals surface area contributed by atoms with Crippen molar-refractivity contribution >= 4 is 18.1 Å². The fourth-order valence-corrected chi connectivity index (χ4v) is 6.96. The molecule has 3 aliphatic rings. The zero-order valence-electron chi connectivity index (χ0n) is 27.0. The first-order chi connectivity index (χ1) is 21.0. The van der Waals surface area contributed by atoms with Crippen LogP contribution in [0.2, 0.25) is 0 Å². The molecule has 0 saturated heterocycles. The van der Waals surface area contributed by atoms with Gasteiger partial charge in [-0.3, -0.25) is 14.4 Å². The van der Waals surface area contributed by atoms with Crippen LogP contribution >= 0.6 is 0 Å². The summed E-state index contributed by atoms with van der Waals surface area (Å²) >= 11 is 0. The van der Waals surface area contributed by atoms with Gasteiger partial charge in [-0.2, -0.15) is 0 Å². The summed E-state index contributed by atoms with van der Waals surface area (Å²) in [4.78, 5) is 40.9. The lowest BCUT2D eigenvalue weighted by atomic mass is 9.75. The average molecular weight is 615 g/mol. The highest BCUT2D eigenvalue weighted by atomic mass is 16.5. The number of ether oxygens (including phenoxy) is 3. The molecule has 0 aromatic heterocycles. The van der Waals surface area contributed by atoms with Gasteiger partial charge in [-0.05, 0) is 61.1 Å².